The topological polar surface area (TPSA) is 106 Å². The Bertz CT molecular complexity index is 1730. The molecule has 0 saturated heterocycles. The highest BCUT2D eigenvalue weighted by molar-refractivity contribution is 6.31. The van der Waals surface area contributed by atoms with Crippen LogP contribution in [0.5, 0.6) is 0 Å². The van der Waals surface area contributed by atoms with Gasteiger partial charge in [0, 0.05) is 28.9 Å². The van der Waals surface area contributed by atoms with Crippen molar-refractivity contribution >= 4 is 35.0 Å². The van der Waals surface area contributed by atoms with Gasteiger partial charge in [-0.15, -0.1) is 0 Å². The molecule has 2 atom stereocenters. The smallest absolute Gasteiger partial charge is 0.343 e. The van der Waals surface area contributed by atoms with Gasteiger partial charge < -0.3 is 15.2 Å². The maximum Gasteiger partial charge on any atom is 0.416 e. The standard InChI is InChI=1S/C30H25ClF5N5O3/c1-15(42)14-41-25(16(2)23-12-21(32)6-7-24(23)31)26(39-27(41)29(44)38-17(3)18-5-4-8-37-13-18)40-28(43)19-9-20(30(34,35)36)11-22(33)10-19/h4-13,16-17H,14H2,1-3H3,(H,38,44)(H,40,43)/t16-,17+/m0/s1. The predicted octanol–water partition coefficient (Wildman–Crippen LogP) is 6.71. The molecule has 0 radical (unpaired) electrons. The van der Waals surface area contributed by atoms with Crippen molar-refractivity contribution in [3.63, 3.8) is 0 Å². The van der Waals surface area contributed by atoms with Crippen LogP contribution >= 0.6 is 11.6 Å². The van der Waals surface area contributed by atoms with E-state index >= 15 is 0 Å². The number of benzene rings is 2. The second-order valence-corrected chi connectivity index (χ2v) is 10.4. The summed E-state index contributed by atoms with van der Waals surface area (Å²) in [5.41, 5.74) is -1.21. The zero-order valence-electron chi connectivity index (χ0n) is 23.5. The summed E-state index contributed by atoms with van der Waals surface area (Å²) in [5, 5.41) is 5.20. The fraction of sp³-hybridized carbons (Fsp3) is 0.233. The summed E-state index contributed by atoms with van der Waals surface area (Å²) < 4.78 is 69.6. The van der Waals surface area contributed by atoms with Crippen LogP contribution in [0.2, 0.25) is 5.02 Å². The summed E-state index contributed by atoms with van der Waals surface area (Å²) in [6, 6.07) is 7.65. The number of imidazole rings is 1. The van der Waals surface area contributed by atoms with E-state index in [4.69, 9.17) is 11.6 Å². The highest BCUT2D eigenvalue weighted by Gasteiger charge is 2.33. The quantitative estimate of drug-likeness (QED) is 0.199. The van der Waals surface area contributed by atoms with Crippen molar-refractivity contribution in [1.29, 1.82) is 0 Å². The van der Waals surface area contributed by atoms with E-state index in [2.05, 4.69) is 20.6 Å². The number of aromatic nitrogens is 3. The summed E-state index contributed by atoms with van der Waals surface area (Å²) >= 11 is 6.35. The number of hydrogen-bond acceptors (Lipinski definition) is 5. The number of rotatable bonds is 9. The molecule has 14 heteroatoms. The second kappa shape index (κ2) is 12.9. The first-order chi connectivity index (χ1) is 20.6. The Morgan fingerprint density at radius 1 is 1.00 bits per heavy atom. The van der Waals surface area contributed by atoms with E-state index in [0.29, 0.717) is 17.7 Å². The highest BCUT2D eigenvalue weighted by atomic mass is 35.5. The fourth-order valence-corrected chi connectivity index (χ4v) is 4.87. The highest BCUT2D eigenvalue weighted by Crippen LogP contribution is 2.36. The van der Waals surface area contributed by atoms with Crippen LogP contribution in [0.25, 0.3) is 0 Å². The average molecular weight is 634 g/mol. The molecule has 44 heavy (non-hydrogen) atoms. The lowest BCUT2D eigenvalue weighted by atomic mass is 9.96. The zero-order valence-corrected chi connectivity index (χ0v) is 24.2. The van der Waals surface area contributed by atoms with Crippen LogP contribution < -0.4 is 10.6 Å². The van der Waals surface area contributed by atoms with Gasteiger partial charge in [0.25, 0.3) is 11.8 Å². The van der Waals surface area contributed by atoms with Gasteiger partial charge in [0.05, 0.1) is 23.8 Å². The number of ketones is 1. The maximum absolute atomic E-state index is 14.3. The molecular formula is C30H25ClF5N5O3. The monoisotopic (exact) mass is 633 g/mol. The molecule has 0 aliphatic heterocycles. The van der Waals surface area contributed by atoms with E-state index in [1.807, 2.05) is 0 Å². The molecule has 0 unspecified atom stereocenters. The van der Waals surface area contributed by atoms with Crippen LogP contribution in [0, 0.1) is 11.6 Å². The van der Waals surface area contributed by atoms with E-state index in [0.717, 1.165) is 12.1 Å². The Hall–Kier alpha value is -4.65. The summed E-state index contributed by atoms with van der Waals surface area (Å²) in [5.74, 6) is -5.93. The van der Waals surface area contributed by atoms with Crippen LogP contribution in [-0.2, 0) is 17.5 Å². The molecule has 4 rings (SSSR count). The van der Waals surface area contributed by atoms with Gasteiger partial charge in [-0.05, 0) is 67.4 Å². The molecular weight excluding hydrogens is 609 g/mol. The van der Waals surface area contributed by atoms with Crippen molar-refractivity contribution < 1.29 is 36.3 Å². The number of nitrogens with zero attached hydrogens (tertiary/aromatic N) is 3. The third kappa shape index (κ3) is 7.28. The molecule has 2 amide bonds. The van der Waals surface area contributed by atoms with E-state index in [-0.39, 0.29) is 34.0 Å². The maximum atomic E-state index is 14.3. The third-order valence-electron chi connectivity index (χ3n) is 6.68. The molecule has 0 spiro atoms. The summed E-state index contributed by atoms with van der Waals surface area (Å²) in [4.78, 5) is 47.4. The SMILES string of the molecule is CC(=O)Cn1c(C(=O)N[C@H](C)c2cccnc2)nc(NC(=O)c2cc(F)cc(C(F)(F)F)c2)c1[C@@H](C)c1cc(F)ccc1Cl. The van der Waals surface area contributed by atoms with Crippen LogP contribution in [-0.4, -0.2) is 32.1 Å². The molecule has 2 N–H and O–H groups in total. The van der Waals surface area contributed by atoms with Gasteiger partial charge in [0.1, 0.15) is 17.4 Å². The number of carbonyl (C=O) groups is 3. The number of amides is 2. The molecule has 2 heterocycles. The normalized spacial score (nSPS) is 12.8. The second-order valence-electron chi connectivity index (χ2n) is 10.0. The van der Waals surface area contributed by atoms with Crippen molar-refractivity contribution in [3.8, 4) is 0 Å². The van der Waals surface area contributed by atoms with Crippen LogP contribution in [0.3, 0.4) is 0 Å². The van der Waals surface area contributed by atoms with Crippen molar-refractivity contribution in [1.82, 2.24) is 19.9 Å². The fourth-order valence-electron chi connectivity index (χ4n) is 4.59. The summed E-state index contributed by atoms with van der Waals surface area (Å²) in [6.07, 6.45) is -1.86. The zero-order chi connectivity index (χ0) is 32.3. The van der Waals surface area contributed by atoms with E-state index in [1.165, 1.54) is 23.8 Å². The lowest BCUT2D eigenvalue weighted by Gasteiger charge is -2.19. The largest absolute Gasteiger partial charge is 0.416 e. The number of alkyl halides is 3. The Morgan fingerprint density at radius 3 is 2.36 bits per heavy atom. The molecule has 2 aromatic carbocycles. The Kier molecular flexibility index (Phi) is 9.47. The predicted molar refractivity (Wildman–Crippen MR) is 151 cm³/mol. The van der Waals surface area contributed by atoms with Gasteiger partial charge in [-0.1, -0.05) is 24.6 Å². The van der Waals surface area contributed by atoms with Gasteiger partial charge in [-0.3, -0.25) is 19.4 Å². The molecule has 230 valence electrons. The van der Waals surface area contributed by atoms with E-state index in [1.54, 1.807) is 32.2 Å². The molecule has 0 aliphatic carbocycles. The summed E-state index contributed by atoms with van der Waals surface area (Å²) in [7, 11) is 0. The van der Waals surface area contributed by atoms with Crippen molar-refractivity contribution in [2.24, 2.45) is 0 Å². The number of carbonyl (C=O) groups excluding carboxylic acids is 3. The first-order valence-corrected chi connectivity index (χ1v) is 13.5. The molecule has 4 aromatic rings. The number of pyridine rings is 1. The van der Waals surface area contributed by atoms with E-state index in [9.17, 15) is 36.3 Å². The number of anilines is 1. The molecule has 0 saturated carbocycles. The first-order valence-electron chi connectivity index (χ1n) is 13.1. The Balaban J connectivity index is 1.85. The minimum Gasteiger partial charge on any atom is -0.343 e. The molecule has 8 nitrogen and oxygen atoms in total. The lowest BCUT2D eigenvalue weighted by molar-refractivity contribution is -0.137. The van der Waals surface area contributed by atoms with Crippen molar-refractivity contribution in [2.45, 2.75) is 45.5 Å². The van der Waals surface area contributed by atoms with Gasteiger partial charge in [-0.2, -0.15) is 13.2 Å². The van der Waals surface area contributed by atoms with Gasteiger partial charge in [-0.25, -0.2) is 13.8 Å². The Labute approximate surface area is 253 Å². The molecule has 2 aromatic heterocycles. The van der Waals surface area contributed by atoms with Gasteiger partial charge >= 0.3 is 6.18 Å². The summed E-state index contributed by atoms with van der Waals surface area (Å²) in [6.45, 7) is 4.05. The molecule has 0 aliphatic rings. The number of hydrogen-bond donors (Lipinski definition) is 2. The lowest BCUT2D eigenvalue weighted by Crippen LogP contribution is -2.30. The van der Waals surface area contributed by atoms with Crippen LogP contribution in [0.4, 0.5) is 27.8 Å². The van der Waals surface area contributed by atoms with Crippen molar-refractivity contribution in [3.05, 3.63) is 111 Å². The third-order valence-corrected chi connectivity index (χ3v) is 7.02. The van der Waals surface area contributed by atoms with Crippen molar-refractivity contribution in [2.75, 3.05) is 5.32 Å². The van der Waals surface area contributed by atoms with Crippen LogP contribution in [0.1, 0.15) is 76.1 Å². The number of halogens is 6. The molecule has 0 fully saturated rings. The molecule has 0 bridgehead atoms. The van der Waals surface area contributed by atoms with E-state index < -0.39 is 65.0 Å². The first kappa shape index (κ1) is 32.3. The minimum atomic E-state index is -4.94. The van der Waals surface area contributed by atoms with Gasteiger partial charge in [0.2, 0.25) is 5.82 Å². The number of nitrogens with one attached hydrogen (secondary N) is 2. The van der Waals surface area contributed by atoms with Crippen LogP contribution in [0.15, 0.2) is 60.9 Å². The minimum absolute atomic E-state index is 0.0210. The average Bonchev–Trinajstić information content (AvgIpc) is 3.30. The van der Waals surface area contributed by atoms with Gasteiger partial charge in [0.15, 0.2) is 5.82 Å². The Morgan fingerprint density at radius 2 is 1.73 bits per heavy atom. The number of Topliss-reactive ketones (excluding diaryl/α,β-unsaturated/α-hetero) is 1.